The minimum Gasteiger partial charge on any atom is -0.445 e. The third kappa shape index (κ3) is 2.71. The summed E-state index contributed by atoms with van der Waals surface area (Å²) in [5.41, 5.74) is -0.172. The smallest absolute Gasteiger partial charge is 0.445 e. The van der Waals surface area contributed by atoms with Gasteiger partial charge in [-0.3, -0.25) is 0 Å². The van der Waals surface area contributed by atoms with Gasteiger partial charge in [-0.25, -0.2) is 0 Å². The van der Waals surface area contributed by atoms with Gasteiger partial charge in [-0.2, -0.15) is 0 Å². The van der Waals surface area contributed by atoms with Crippen LogP contribution in [0, 0.1) is 6.92 Å². The monoisotopic (exact) mass is 248 g/mol. The number of rotatable bonds is 1. The van der Waals surface area contributed by atoms with Gasteiger partial charge in [0.05, 0.1) is 0 Å². The van der Waals surface area contributed by atoms with Crippen LogP contribution in [-0.4, -0.2) is 6.98 Å². The first kappa shape index (κ1) is 14.3. The molecular weight excluding hydrogens is 239 g/mol. The third-order valence-electron chi connectivity index (χ3n) is 2.59. The minimum absolute atomic E-state index is 0. The summed E-state index contributed by atoms with van der Waals surface area (Å²) in [6.07, 6.45) is 0. The standard InChI is InChI=1S/C11H9BF3.K/c1-8-10-5-3-2-4-9(10)6-7-11(8)12(13,14)15;/h2-7H,1H3;/q-1;+1. The molecule has 0 unspecified atom stereocenters. The van der Waals surface area contributed by atoms with Crippen molar-refractivity contribution in [2.75, 3.05) is 0 Å². The Hall–Kier alpha value is 0.191. The van der Waals surface area contributed by atoms with Crippen LogP contribution in [0.5, 0.6) is 0 Å². The molecule has 0 aliphatic carbocycles. The van der Waals surface area contributed by atoms with Gasteiger partial charge in [-0.05, 0) is 17.7 Å². The van der Waals surface area contributed by atoms with E-state index in [2.05, 4.69) is 0 Å². The van der Waals surface area contributed by atoms with E-state index >= 15 is 0 Å². The van der Waals surface area contributed by atoms with E-state index in [4.69, 9.17) is 0 Å². The van der Waals surface area contributed by atoms with Crippen LogP contribution in [-0.2, 0) is 0 Å². The summed E-state index contributed by atoms with van der Waals surface area (Å²) in [4.78, 5) is 0. The number of aryl methyl sites for hydroxylation is 1. The molecule has 2 rings (SSSR count). The van der Waals surface area contributed by atoms with Crippen molar-refractivity contribution in [3.05, 3.63) is 42.0 Å². The topological polar surface area (TPSA) is 0 Å². The molecule has 0 heterocycles. The van der Waals surface area contributed by atoms with Gasteiger partial charge in [0.25, 0.3) is 0 Å². The van der Waals surface area contributed by atoms with Gasteiger partial charge in [0.1, 0.15) is 0 Å². The van der Waals surface area contributed by atoms with Crippen LogP contribution in [0.25, 0.3) is 10.8 Å². The van der Waals surface area contributed by atoms with Gasteiger partial charge in [0.15, 0.2) is 0 Å². The maximum Gasteiger partial charge on any atom is 1.00 e. The average Bonchev–Trinajstić information content (AvgIpc) is 2.16. The minimum atomic E-state index is -4.91. The summed E-state index contributed by atoms with van der Waals surface area (Å²) < 4.78 is 37.9. The summed E-state index contributed by atoms with van der Waals surface area (Å²) in [6.45, 7) is -3.39. The molecule has 2 aromatic rings. The summed E-state index contributed by atoms with van der Waals surface area (Å²) in [5, 5.41) is 1.52. The summed E-state index contributed by atoms with van der Waals surface area (Å²) >= 11 is 0. The predicted octanol–water partition coefficient (Wildman–Crippen LogP) is 0.207. The summed E-state index contributed by atoms with van der Waals surface area (Å²) in [7, 11) is 0. The van der Waals surface area contributed by atoms with Crippen LogP contribution >= 0.6 is 0 Å². The molecule has 0 nitrogen and oxygen atoms in total. The fourth-order valence-electron chi connectivity index (χ4n) is 1.80. The fraction of sp³-hybridized carbons (Fsp3) is 0.0909. The van der Waals surface area contributed by atoms with Crippen molar-refractivity contribution in [3.63, 3.8) is 0 Å². The Balaban J connectivity index is 0.00000128. The van der Waals surface area contributed by atoms with Crippen molar-refractivity contribution in [1.29, 1.82) is 0 Å². The van der Waals surface area contributed by atoms with Crippen molar-refractivity contribution in [2.24, 2.45) is 0 Å². The van der Waals surface area contributed by atoms with E-state index in [1.807, 2.05) is 12.1 Å². The molecule has 0 spiro atoms. The van der Waals surface area contributed by atoms with Crippen LogP contribution < -0.4 is 56.8 Å². The van der Waals surface area contributed by atoms with E-state index in [0.29, 0.717) is 10.9 Å². The zero-order chi connectivity index (χ0) is 11.1. The number of benzene rings is 2. The van der Waals surface area contributed by atoms with E-state index in [1.54, 1.807) is 12.1 Å². The molecule has 0 saturated carbocycles. The molecule has 0 saturated heterocycles. The molecule has 0 amide bonds. The first-order valence-electron chi connectivity index (χ1n) is 4.68. The molecule has 0 atom stereocenters. The fourth-order valence-corrected chi connectivity index (χ4v) is 1.80. The first-order chi connectivity index (χ1) is 7.00. The molecule has 5 heteroatoms. The van der Waals surface area contributed by atoms with Crippen LogP contribution in [0.3, 0.4) is 0 Å². The van der Waals surface area contributed by atoms with Crippen LogP contribution in [0.4, 0.5) is 12.9 Å². The van der Waals surface area contributed by atoms with Crippen LogP contribution in [0.1, 0.15) is 5.56 Å². The SMILES string of the molecule is Cc1c([B-](F)(F)F)ccc2ccccc12.[K+]. The van der Waals surface area contributed by atoms with E-state index < -0.39 is 12.4 Å². The number of hydrogen-bond donors (Lipinski definition) is 0. The maximum atomic E-state index is 12.6. The van der Waals surface area contributed by atoms with Crippen molar-refractivity contribution in [2.45, 2.75) is 6.92 Å². The molecule has 0 aliphatic heterocycles. The van der Waals surface area contributed by atoms with E-state index in [-0.39, 0.29) is 51.4 Å². The molecular formula is C11H9BF3K. The zero-order valence-electron chi connectivity index (χ0n) is 9.18. The Labute approximate surface area is 135 Å². The van der Waals surface area contributed by atoms with E-state index in [0.717, 1.165) is 11.5 Å². The molecule has 78 valence electrons. The molecule has 0 fully saturated rings. The molecule has 0 N–H and O–H groups in total. The average molecular weight is 248 g/mol. The van der Waals surface area contributed by atoms with Gasteiger partial charge in [0.2, 0.25) is 0 Å². The van der Waals surface area contributed by atoms with Gasteiger partial charge in [0, 0.05) is 0 Å². The second kappa shape index (κ2) is 5.23. The van der Waals surface area contributed by atoms with Crippen molar-refractivity contribution >= 4 is 23.2 Å². The number of hydrogen-bond acceptors (Lipinski definition) is 0. The predicted molar refractivity (Wildman–Crippen MR) is 57.4 cm³/mol. The van der Waals surface area contributed by atoms with Crippen LogP contribution in [0.15, 0.2) is 36.4 Å². The molecule has 0 radical (unpaired) electrons. The van der Waals surface area contributed by atoms with Crippen molar-refractivity contribution in [1.82, 2.24) is 0 Å². The largest absolute Gasteiger partial charge is 1.00 e. The quantitative estimate of drug-likeness (QED) is 0.633. The molecule has 2 aromatic carbocycles. The summed E-state index contributed by atoms with van der Waals surface area (Å²) in [6, 6.07) is 9.79. The Kier molecular flexibility index (Phi) is 4.66. The Morgan fingerprint density at radius 3 is 2.19 bits per heavy atom. The normalized spacial score (nSPS) is 11.2. The number of halogens is 3. The molecule has 0 aliphatic rings. The van der Waals surface area contributed by atoms with Gasteiger partial charge in [-0.1, -0.05) is 42.0 Å². The van der Waals surface area contributed by atoms with Gasteiger partial charge >= 0.3 is 58.4 Å². The molecule has 0 bridgehead atoms. The Bertz CT molecular complexity index is 508. The first-order valence-corrected chi connectivity index (χ1v) is 4.68. The van der Waals surface area contributed by atoms with E-state index in [9.17, 15) is 12.9 Å². The Morgan fingerprint density at radius 1 is 0.938 bits per heavy atom. The second-order valence-electron chi connectivity index (χ2n) is 3.58. The molecule has 16 heavy (non-hydrogen) atoms. The number of fused-ring (bicyclic) bond motifs is 1. The summed E-state index contributed by atoms with van der Waals surface area (Å²) in [5.74, 6) is 0. The van der Waals surface area contributed by atoms with Crippen LogP contribution in [0.2, 0.25) is 0 Å². The Morgan fingerprint density at radius 2 is 1.56 bits per heavy atom. The molecule has 0 aromatic heterocycles. The van der Waals surface area contributed by atoms with Gasteiger partial charge in [-0.15, -0.1) is 5.46 Å². The van der Waals surface area contributed by atoms with Gasteiger partial charge < -0.3 is 12.9 Å². The maximum absolute atomic E-state index is 12.6. The van der Waals surface area contributed by atoms with Crippen molar-refractivity contribution in [3.8, 4) is 0 Å². The zero-order valence-corrected chi connectivity index (χ0v) is 12.3. The third-order valence-corrected chi connectivity index (χ3v) is 2.59. The van der Waals surface area contributed by atoms with E-state index in [1.165, 1.54) is 13.0 Å². The van der Waals surface area contributed by atoms with Crippen molar-refractivity contribution < 1.29 is 64.3 Å². The second-order valence-corrected chi connectivity index (χ2v) is 3.58.